The van der Waals surface area contributed by atoms with E-state index in [1.54, 1.807) is 12.1 Å². The molecule has 4 rings (SSSR count). The summed E-state index contributed by atoms with van der Waals surface area (Å²) in [7, 11) is 0. The highest BCUT2D eigenvalue weighted by atomic mass is 16.5. The van der Waals surface area contributed by atoms with Gasteiger partial charge in [0.05, 0.1) is 17.9 Å². The van der Waals surface area contributed by atoms with E-state index >= 15 is 0 Å². The molecule has 2 aromatic carbocycles. The molecule has 0 bridgehead atoms. The molecule has 2 aromatic rings. The smallest absolute Gasteiger partial charge is 0.328 e. The zero-order valence-corrected chi connectivity index (χ0v) is 19.2. The van der Waals surface area contributed by atoms with E-state index in [1.807, 2.05) is 13.0 Å². The average Bonchev–Trinajstić information content (AvgIpc) is 3.01. The lowest BCUT2D eigenvalue weighted by molar-refractivity contribution is -0.131. The van der Waals surface area contributed by atoms with Crippen LogP contribution in [0.2, 0.25) is 0 Å². The fraction of sp³-hybridized carbons (Fsp3) is 0.385. The number of fused-ring (bicyclic) bond motifs is 3. The van der Waals surface area contributed by atoms with Gasteiger partial charge in [-0.3, -0.25) is 4.99 Å². The number of phenolic OH excluding ortho intramolecular Hbond substituents is 1. The first kappa shape index (κ1) is 21.9. The first-order chi connectivity index (χ1) is 15.0. The van der Waals surface area contributed by atoms with Crippen LogP contribution >= 0.6 is 0 Å². The zero-order chi connectivity index (χ0) is 23.3. The van der Waals surface area contributed by atoms with E-state index in [4.69, 9.17) is 19.6 Å². The molecule has 0 radical (unpaired) electrons. The van der Waals surface area contributed by atoms with Crippen LogP contribution in [-0.2, 0) is 17.6 Å². The van der Waals surface area contributed by atoms with E-state index in [9.17, 15) is 9.90 Å². The van der Waals surface area contributed by atoms with Crippen molar-refractivity contribution in [1.82, 2.24) is 0 Å². The van der Waals surface area contributed by atoms with Crippen LogP contribution in [0.15, 0.2) is 35.3 Å². The van der Waals surface area contributed by atoms with Gasteiger partial charge in [-0.25, -0.2) is 4.79 Å². The molecule has 0 aromatic heterocycles. The fourth-order valence-corrected chi connectivity index (χ4v) is 4.53. The maximum absolute atomic E-state index is 10.8. The molecular formula is C26H29NO5. The minimum absolute atomic E-state index is 0.00629. The monoisotopic (exact) mass is 435 g/mol. The highest BCUT2D eigenvalue weighted by molar-refractivity contribution is 6.16. The summed E-state index contributed by atoms with van der Waals surface area (Å²) < 4.78 is 12.2. The lowest BCUT2D eigenvalue weighted by atomic mass is 9.81. The largest absolute Gasteiger partial charge is 0.507 e. The second-order valence-corrected chi connectivity index (χ2v) is 9.58. The number of aliphatic carboxylic acids is 1. The van der Waals surface area contributed by atoms with Crippen LogP contribution in [0, 0.1) is 0 Å². The van der Waals surface area contributed by atoms with Crippen molar-refractivity contribution in [1.29, 1.82) is 0 Å². The molecule has 32 heavy (non-hydrogen) atoms. The van der Waals surface area contributed by atoms with Gasteiger partial charge >= 0.3 is 5.97 Å². The maximum Gasteiger partial charge on any atom is 0.328 e. The summed E-state index contributed by atoms with van der Waals surface area (Å²) in [6.07, 6.45) is 3.89. The number of ether oxygens (including phenoxy) is 2. The molecule has 2 aliphatic heterocycles. The van der Waals surface area contributed by atoms with E-state index in [2.05, 4.69) is 33.8 Å². The Balaban J connectivity index is 1.89. The maximum atomic E-state index is 10.8. The number of carbonyl (C=O) groups is 1. The van der Waals surface area contributed by atoms with Gasteiger partial charge in [-0.05, 0) is 64.8 Å². The molecule has 0 saturated carbocycles. The molecule has 0 spiro atoms. The highest BCUT2D eigenvalue weighted by Crippen LogP contribution is 2.48. The van der Waals surface area contributed by atoms with Crippen molar-refractivity contribution in [3.05, 3.63) is 58.2 Å². The van der Waals surface area contributed by atoms with Crippen LogP contribution < -0.4 is 9.47 Å². The number of aromatic hydroxyl groups is 1. The molecule has 0 fully saturated rings. The summed E-state index contributed by atoms with van der Waals surface area (Å²) in [6, 6.07) is 7.30. The van der Waals surface area contributed by atoms with Gasteiger partial charge < -0.3 is 19.7 Å². The van der Waals surface area contributed by atoms with E-state index in [1.165, 1.54) is 6.08 Å². The van der Waals surface area contributed by atoms with Crippen LogP contribution in [0.5, 0.6) is 17.2 Å². The molecule has 0 aliphatic carbocycles. The van der Waals surface area contributed by atoms with Gasteiger partial charge in [0.15, 0.2) is 11.5 Å². The molecule has 0 amide bonds. The summed E-state index contributed by atoms with van der Waals surface area (Å²) in [6.45, 7) is 10.8. The number of hydrogen-bond acceptors (Lipinski definition) is 5. The van der Waals surface area contributed by atoms with Crippen molar-refractivity contribution >= 4 is 17.8 Å². The van der Waals surface area contributed by atoms with Crippen LogP contribution in [-0.4, -0.2) is 39.6 Å². The van der Waals surface area contributed by atoms with Gasteiger partial charge in [-0.2, -0.15) is 0 Å². The molecule has 2 N–H and O–H groups in total. The van der Waals surface area contributed by atoms with E-state index < -0.39 is 5.97 Å². The van der Waals surface area contributed by atoms with Gasteiger partial charge in [0, 0.05) is 34.8 Å². The molecule has 2 heterocycles. The molecular weight excluding hydrogens is 406 g/mol. The number of nitrogens with zero attached hydrogens (tertiary/aromatic N) is 1. The van der Waals surface area contributed by atoms with Crippen molar-refractivity contribution in [3.63, 3.8) is 0 Å². The van der Waals surface area contributed by atoms with Gasteiger partial charge in [-0.1, -0.05) is 12.1 Å². The summed E-state index contributed by atoms with van der Waals surface area (Å²) in [4.78, 5) is 15.9. The molecule has 6 nitrogen and oxygen atoms in total. The average molecular weight is 436 g/mol. The summed E-state index contributed by atoms with van der Waals surface area (Å²) in [5.41, 5.74) is 4.62. The number of carboxylic acids is 1. The van der Waals surface area contributed by atoms with Crippen molar-refractivity contribution in [3.8, 4) is 17.2 Å². The minimum atomic E-state index is -1.07. The Morgan fingerprint density at radius 3 is 2.62 bits per heavy atom. The van der Waals surface area contributed by atoms with Crippen molar-refractivity contribution in [2.75, 3.05) is 6.61 Å². The molecule has 0 atom stereocenters. The summed E-state index contributed by atoms with van der Waals surface area (Å²) in [5, 5.41) is 19.4. The van der Waals surface area contributed by atoms with Gasteiger partial charge in [0.1, 0.15) is 11.4 Å². The van der Waals surface area contributed by atoms with E-state index in [0.717, 1.165) is 58.4 Å². The van der Waals surface area contributed by atoms with Crippen molar-refractivity contribution < 1.29 is 24.5 Å². The van der Waals surface area contributed by atoms with Crippen LogP contribution in [0.25, 0.3) is 6.08 Å². The Bertz CT molecular complexity index is 1160. The highest BCUT2D eigenvalue weighted by Gasteiger charge is 2.39. The summed E-state index contributed by atoms with van der Waals surface area (Å²) >= 11 is 0. The fourth-order valence-electron chi connectivity index (χ4n) is 4.53. The number of phenols is 1. The number of hydrogen-bond donors (Lipinski definition) is 2. The number of aliphatic imine (C=N–C) groups is 1. The van der Waals surface area contributed by atoms with Crippen molar-refractivity contribution in [2.24, 2.45) is 4.99 Å². The third-order valence-corrected chi connectivity index (χ3v) is 5.69. The third kappa shape index (κ3) is 4.09. The molecule has 0 saturated heterocycles. The first-order valence-corrected chi connectivity index (χ1v) is 10.8. The molecule has 168 valence electrons. The Labute approximate surface area is 188 Å². The second-order valence-electron chi connectivity index (χ2n) is 9.58. The molecule has 6 heteroatoms. The van der Waals surface area contributed by atoms with Crippen LogP contribution in [0.4, 0.5) is 0 Å². The van der Waals surface area contributed by atoms with E-state index in [-0.39, 0.29) is 16.9 Å². The SMILES string of the molecule is CCOc1cc2c(c3c1OC(C)(C)C3)C(c1ccc(/C=C/C(=O)O)c(O)c1)=NC(C)(C)C2. The van der Waals surface area contributed by atoms with Crippen LogP contribution in [0.3, 0.4) is 0 Å². The van der Waals surface area contributed by atoms with Gasteiger partial charge in [-0.15, -0.1) is 0 Å². The first-order valence-electron chi connectivity index (χ1n) is 10.8. The lowest BCUT2D eigenvalue weighted by Crippen LogP contribution is -2.30. The topological polar surface area (TPSA) is 88.4 Å². The normalized spacial score (nSPS) is 18.0. The second kappa shape index (κ2) is 7.69. The number of rotatable bonds is 5. The molecule has 2 aliphatic rings. The quantitative estimate of drug-likeness (QED) is 0.660. The Morgan fingerprint density at radius 1 is 1.22 bits per heavy atom. The van der Waals surface area contributed by atoms with Crippen molar-refractivity contribution in [2.45, 2.75) is 58.6 Å². The Morgan fingerprint density at radius 2 is 1.97 bits per heavy atom. The standard InChI is InChI=1S/C26H29NO5/c1-6-31-20-12-17-13-25(2,3)27-23(22(17)18-14-26(4,5)32-24(18)20)16-8-7-15(19(28)11-16)9-10-21(29)30/h7-12,28H,6,13-14H2,1-5H3,(H,29,30)/b10-9+. The number of benzene rings is 2. The third-order valence-electron chi connectivity index (χ3n) is 5.69. The van der Waals surface area contributed by atoms with E-state index in [0.29, 0.717) is 12.2 Å². The predicted octanol–water partition coefficient (Wildman–Crippen LogP) is 4.77. The number of carboxylic acid groups (broad SMARTS) is 1. The van der Waals surface area contributed by atoms with Gasteiger partial charge in [0.25, 0.3) is 0 Å². The summed E-state index contributed by atoms with van der Waals surface area (Å²) in [5.74, 6) is 0.477. The zero-order valence-electron chi connectivity index (χ0n) is 19.2. The Hall–Kier alpha value is -3.28. The lowest BCUT2D eigenvalue weighted by Gasteiger charge is -2.31. The predicted molar refractivity (Wildman–Crippen MR) is 124 cm³/mol. The minimum Gasteiger partial charge on any atom is -0.507 e. The van der Waals surface area contributed by atoms with Crippen LogP contribution in [0.1, 0.15) is 62.4 Å². The Kier molecular flexibility index (Phi) is 5.27. The van der Waals surface area contributed by atoms with Gasteiger partial charge in [0.2, 0.25) is 0 Å². The molecule has 0 unspecified atom stereocenters.